The van der Waals surface area contributed by atoms with E-state index in [4.69, 9.17) is 0 Å². The van der Waals surface area contributed by atoms with Crippen molar-refractivity contribution in [3.8, 4) is 0 Å². The van der Waals surface area contributed by atoms with E-state index in [1.807, 2.05) is 0 Å². The molecule has 1 amide bonds. The lowest BCUT2D eigenvalue weighted by Gasteiger charge is -2.23. The second-order valence-electron chi connectivity index (χ2n) is 3.35. The number of carbonyl (C=O) groups excluding carboxylic acids is 1. The number of carbonyl (C=O) groups is 1. The van der Waals surface area contributed by atoms with Gasteiger partial charge in [-0.2, -0.15) is 0 Å². The smallest absolute Gasteiger partial charge is 0.242 e. The summed E-state index contributed by atoms with van der Waals surface area (Å²) in [6.45, 7) is 0.776. The Morgan fingerprint density at radius 3 is 3.20 bits per heavy atom. The van der Waals surface area contributed by atoms with Gasteiger partial charge in [0, 0.05) is 12.7 Å². The fraction of sp³-hybridized carbons (Fsp3) is 0.444. The summed E-state index contributed by atoms with van der Waals surface area (Å²) in [6, 6.07) is -0.165. The highest BCUT2D eigenvalue weighted by atomic mass is 127. The van der Waals surface area contributed by atoms with E-state index >= 15 is 0 Å². The average Bonchev–Trinajstić information content (AvgIpc) is 2.24. The lowest BCUT2D eigenvalue weighted by molar-refractivity contribution is -0.123. The Hall–Kier alpha value is -0.920. The van der Waals surface area contributed by atoms with Gasteiger partial charge >= 0.3 is 0 Å². The van der Waals surface area contributed by atoms with Gasteiger partial charge in [0.25, 0.3) is 0 Å². The van der Waals surface area contributed by atoms with Gasteiger partial charge in [0.1, 0.15) is 18.2 Å². The van der Waals surface area contributed by atoms with Crippen molar-refractivity contribution in [1.29, 1.82) is 0 Å². The second-order valence-corrected chi connectivity index (χ2v) is 4.51. The predicted octanol–water partition coefficient (Wildman–Crippen LogP) is 0.772. The van der Waals surface area contributed by atoms with Gasteiger partial charge in [-0.15, -0.1) is 0 Å². The first-order valence-corrected chi connectivity index (χ1v) is 5.85. The third-order valence-corrected chi connectivity index (χ3v) is 3.05. The normalized spacial score (nSPS) is 20.9. The molecule has 5 nitrogen and oxygen atoms in total. The lowest BCUT2D eigenvalue weighted by atomic mass is 10.1. The van der Waals surface area contributed by atoms with Gasteiger partial charge in [-0.1, -0.05) is 0 Å². The third-order valence-electron chi connectivity index (χ3n) is 2.26. The van der Waals surface area contributed by atoms with Crippen LogP contribution in [-0.4, -0.2) is 28.5 Å². The van der Waals surface area contributed by atoms with Crippen molar-refractivity contribution in [2.24, 2.45) is 0 Å². The molecule has 1 aromatic rings. The highest BCUT2D eigenvalue weighted by Crippen LogP contribution is 2.16. The highest BCUT2D eigenvalue weighted by molar-refractivity contribution is 14.1. The van der Waals surface area contributed by atoms with Crippen LogP contribution in [0.5, 0.6) is 0 Å². The molecule has 0 radical (unpaired) electrons. The third kappa shape index (κ3) is 2.55. The van der Waals surface area contributed by atoms with Crippen LogP contribution >= 0.6 is 22.6 Å². The van der Waals surface area contributed by atoms with Crippen LogP contribution in [0.2, 0.25) is 0 Å². The molecule has 1 aliphatic rings. The molecule has 0 aliphatic carbocycles. The summed E-state index contributed by atoms with van der Waals surface area (Å²) in [5.41, 5.74) is 0. The predicted molar refractivity (Wildman–Crippen MR) is 64.4 cm³/mol. The maximum absolute atomic E-state index is 11.5. The van der Waals surface area contributed by atoms with Gasteiger partial charge in [0.05, 0.1) is 3.57 Å². The number of amides is 1. The van der Waals surface area contributed by atoms with Crippen molar-refractivity contribution >= 4 is 34.3 Å². The maximum atomic E-state index is 11.5. The van der Waals surface area contributed by atoms with E-state index in [1.165, 1.54) is 6.33 Å². The van der Waals surface area contributed by atoms with Crippen LogP contribution in [0.4, 0.5) is 5.82 Å². The molecule has 1 atom stereocenters. The van der Waals surface area contributed by atoms with Crippen molar-refractivity contribution in [2.75, 3.05) is 11.9 Å². The minimum Gasteiger partial charge on any atom is -0.357 e. The molecular weight excluding hydrogens is 307 g/mol. The van der Waals surface area contributed by atoms with Crippen molar-refractivity contribution in [3.63, 3.8) is 0 Å². The first-order chi connectivity index (χ1) is 7.27. The largest absolute Gasteiger partial charge is 0.357 e. The molecule has 15 heavy (non-hydrogen) atoms. The summed E-state index contributed by atoms with van der Waals surface area (Å²) >= 11 is 2.14. The zero-order valence-corrected chi connectivity index (χ0v) is 10.2. The van der Waals surface area contributed by atoms with E-state index in [2.05, 4.69) is 43.2 Å². The van der Waals surface area contributed by atoms with Crippen LogP contribution in [0.1, 0.15) is 12.8 Å². The summed E-state index contributed by atoms with van der Waals surface area (Å²) in [5.74, 6) is 0.781. The van der Waals surface area contributed by atoms with Gasteiger partial charge < -0.3 is 10.6 Å². The lowest BCUT2D eigenvalue weighted by Crippen LogP contribution is -2.44. The van der Waals surface area contributed by atoms with Crippen molar-refractivity contribution < 1.29 is 4.79 Å². The molecule has 2 heterocycles. The minimum atomic E-state index is -0.165. The zero-order valence-electron chi connectivity index (χ0n) is 8.03. The van der Waals surface area contributed by atoms with E-state index < -0.39 is 0 Å². The standard InChI is InChI=1S/C9H11IN4O/c10-6-4-11-5-13-8(6)14-7-2-1-3-12-9(7)15/h4-5,7H,1-3H2,(H,12,15)(H,11,13,14). The molecule has 1 saturated heterocycles. The Bertz CT molecular complexity index is 371. The maximum Gasteiger partial charge on any atom is 0.242 e. The number of hydrogen-bond acceptors (Lipinski definition) is 4. The number of piperidine rings is 1. The molecule has 0 saturated carbocycles. The Labute approximate surface area is 101 Å². The van der Waals surface area contributed by atoms with E-state index in [0.29, 0.717) is 0 Å². The number of rotatable bonds is 2. The fourth-order valence-corrected chi connectivity index (χ4v) is 1.95. The fourth-order valence-electron chi connectivity index (χ4n) is 1.49. The number of halogens is 1. The van der Waals surface area contributed by atoms with E-state index in [-0.39, 0.29) is 11.9 Å². The van der Waals surface area contributed by atoms with Gasteiger partial charge in [-0.25, -0.2) is 9.97 Å². The SMILES string of the molecule is O=C1NCCCC1Nc1ncncc1I. The molecule has 1 aromatic heterocycles. The minimum absolute atomic E-state index is 0.0515. The van der Waals surface area contributed by atoms with E-state index in [9.17, 15) is 4.79 Å². The summed E-state index contributed by atoms with van der Waals surface area (Å²) in [5, 5.41) is 5.95. The molecule has 2 N–H and O–H groups in total. The van der Waals surface area contributed by atoms with Crippen LogP contribution < -0.4 is 10.6 Å². The van der Waals surface area contributed by atoms with E-state index in [0.717, 1.165) is 28.8 Å². The molecule has 1 aliphatic heterocycles. The molecule has 0 aromatic carbocycles. The summed E-state index contributed by atoms with van der Waals surface area (Å²) in [4.78, 5) is 19.5. The molecule has 0 spiro atoms. The number of nitrogens with one attached hydrogen (secondary N) is 2. The van der Waals surface area contributed by atoms with Crippen molar-refractivity contribution in [3.05, 3.63) is 16.1 Å². The Kier molecular flexibility index (Phi) is 3.34. The molecule has 0 bridgehead atoms. The monoisotopic (exact) mass is 318 g/mol. The average molecular weight is 318 g/mol. The van der Waals surface area contributed by atoms with Gasteiger partial charge in [0.15, 0.2) is 0 Å². The summed E-state index contributed by atoms with van der Waals surface area (Å²) in [7, 11) is 0. The van der Waals surface area contributed by atoms with Crippen molar-refractivity contribution in [2.45, 2.75) is 18.9 Å². The summed E-state index contributed by atoms with van der Waals surface area (Å²) in [6.07, 6.45) is 5.05. The number of nitrogens with zero attached hydrogens (tertiary/aromatic N) is 2. The molecule has 6 heteroatoms. The number of aromatic nitrogens is 2. The van der Waals surface area contributed by atoms with Crippen LogP contribution in [0.3, 0.4) is 0 Å². The first-order valence-electron chi connectivity index (χ1n) is 4.77. The quantitative estimate of drug-likeness (QED) is 0.791. The second kappa shape index (κ2) is 4.73. The molecular formula is C9H11IN4O. The van der Waals surface area contributed by atoms with Crippen LogP contribution in [0.25, 0.3) is 0 Å². The number of hydrogen-bond donors (Lipinski definition) is 2. The Morgan fingerprint density at radius 2 is 2.47 bits per heavy atom. The van der Waals surface area contributed by atoms with Gasteiger partial charge in [-0.3, -0.25) is 4.79 Å². The topological polar surface area (TPSA) is 66.9 Å². The van der Waals surface area contributed by atoms with Gasteiger partial charge in [-0.05, 0) is 35.4 Å². The molecule has 1 fully saturated rings. The number of anilines is 1. The van der Waals surface area contributed by atoms with Gasteiger partial charge in [0.2, 0.25) is 5.91 Å². The molecule has 2 rings (SSSR count). The Morgan fingerprint density at radius 1 is 1.60 bits per heavy atom. The zero-order chi connectivity index (χ0) is 10.7. The molecule has 1 unspecified atom stereocenters. The van der Waals surface area contributed by atoms with Crippen LogP contribution in [0, 0.1) is 3.57 Å². The first kappa shape index (κ1) is 10.6. The van der Waals surface area contributed by atoms with E-state index in [1.54, 1.807) is 6.20 Å². The van der Waals surface area contributed by atoms with Crippen molar-refractivity contribution in [1.82, 2.24) is 15.3 Å². The molecule has 80 valence electrons. The summed E-state index contributed by atoms with van der Waals surface area (Å²) < 4.78 is 0.925. The highest BCUT2D eigenvalue weighted by Gasteiger charge is 2.22. The van der Waals surface area contributed by atoms with Crippen LogP contribution in [-0.2, 0) is 4.79 Å². The van der Waals surface area contributed by atoms with Crippen LogP contribution in [0.15, 0.2) is 12.5 Å². The Balaban J connectivity index is 2.08.